The molecule has 1 unspecified atom stereocenters. The molecular weight excluding hydrogens is 264 g/mol. The van der Waals surface area contributed by atoms with E-state index in [-0.39, 0.29) is 11.9 Å². The molecule has 1 fully saturated rings. The van der Waals surface area contributed by atoms with Gasteiger partial charge in [0.1, 0.15) is 5.69 Å². The molecule has 5 nitrogen and oxygen atoms in total. The summed E-state index contributed by atoms with van der Waals surface area (Å²) in [4.78, 5) is 14.4. The van der Waals surface area contributed by atoms with Crippen LogP contribution in [0.1, 0.15) is 28.9 Å². The highest BCUT2D eigenvalue weighted by Crippen LogP contribution is 2.14. The summed E-state index contributed by atoms with van der Waals surface area (Å²) in [5.74, 6) is -0.0703. The molecule has 0 spiro atoms. The van der Waals surface area contributed by atoms with Crippen LogP contribution in [-0.4, -0.2) is 40.1 Å². The van der Waals surface area contributed by atoms with Crippen molar-refractivity contribution in [2.75, 3.05) is 13.1 Å². The zero-order valence-corrected chi connectivity index (χ0v) is 12.0. The van der Waals surface area contributed by atoms with Crippen LogP contribution in [0.15, 0.2) is 42.6 Å². The van der Waals surface area contributed by atoms with E-state index in [0.717, 1.165) is 32.5 Å². The molecule has 110 valence electrons. The second kappa shape index (κ2) is 6.54. The number of aromatic nitrogens is 2. The normalized spacial score (nSPS) is 19.3. The minimum absolute atomic E-state index is 0.0703. The first-order valence-electron chi connectivity index (χ1n) is 7.38. The van der Waals surface area contributed by atoms with Crippen LogP contribution in [0.25, 0.3) is 0 Å². The van der Waals surface area contributed by atoms with Crippen LogP contribution in [0.5, 0.6) is 0 Å². The minimum Gasteiger partial charge on any atom is -0.347 e. The highest BCUT2D eigenvalue weighted by molar-refractivity contribution is 5.92. The van der Waals surface area contributed by atoms with Gasteiger partial charge in [-0.05, 0) is 31.0 Å². The first-order chi connectivity index (χ1) is 10.3. The smallest absolute Gasteiger partial charge is 0.269 e. The maximum Gasteiger partial charge on any atom is 0.269 e. The van der Waals surface area contributed by atoms with Crippen molar-refractivity contribution in [2.24, 2.45) is 0 Å². The largest absolute Gasteiger partial charge is 0.347 e. The Labute approximate surface area is 124 Å². The molecule has 1 amide bonds. The Hall–Kier alpha value is -2.14. The summed E-state index contributed by atoms with van der Waals surface area (Å²) in [7, 11) is 0. The summed E-state index contributed by atoms with van der Waals surface area (Å²) >= 11 is 0. The Kier molecular flexibility index (Phi) is 4.31. The predicted octanol–water partition coefficient (Wildman–Crippen LogP) is 1.80. The Morgan fingerprint density at radius 1 is 1.33 bits per heavy atom. The summed E-state index contributed by atoms with van der Waals surface area (Å²) in [5, 5.41) is 9.60. The number of carbonyl (C=O) groups is 1. The minimum atomic E-state index is -0.0703. The van der Waals surface area contributed by atoms with E-state index < -0.39 is 0 Å². The van der Waals surface area contributed by atoms with E-state index in [1.165, 1.54) is 5.56 Å². The Morgan fingerprint density at radius 3 is 2.95 bits per heavy atom. The second-order valence-corrected chi connectivity index (χ2v) is 5.50. The third-order valence-electron chi connectivity index (χ3n) is 3.84. The van der Waals surface area contributed by atoms with Crippen LogP contribution in [0.2, 0.25) is 0 Å². The number of aromatic amines is 1. The Morgan fingerprint density at radius 2 is 2.19 bits per heavy atom. The molecule has 2 N–H and O–H groups in total. The SMILES string of the molecule is O=C(NC1CCCN(Cc2ccccc2)C1)c1ccn[nH]1. The van der Waals surface area contributed by atoms with Crippen molar-refractivity contribution in [3.8, 4) is 0 Å². The van der Waals surface area contributed by atoms with E-state index >= 15 is 0 Å². The Bertz CT molecular complexity index is 567. The van der Waals surface area contributed by atoms with Gasteiger partial charge in [-0.25, -0.2) is 0 Å². The number of amides is 1. The summed E-state index contributed by atoms with van der Waals surface area (Å²) in [5.41, 5.74) is 1.84. The number of rotatable bonds is 4. The van der Waals surface area contributed by atoms with Crippen molar-refractivity contribution in [2.45, 2.75) is 25.4 Å². The standard InChI is InChI=1S/C16H20N4O/c21-16(15-8-9-17-19-15)18-14-7-4-10-20(12-14)11-13-5-2-1-3-6-13/h1-3,5-6,8-9,14H,4,7,10-12H2,(H,17,19)(H,18,21). The number of piperidine rings is 1. The topological polar surface area (TPSA) is 61.0 Å². The van der Waals surface area contributed by atoms with Gasteiger partial charge in [-0.15, -0.1) is 0 Å². The van der Waals surface area contributed by atoms with Crippen molar-refractivity contribution in [3.05, 3.63) is 53.9 Å². The van der Waals surface area contributed by atoms with Gasteiger partial charge in [0.2, 0.25) is 0 Å². The van der Waals surface area contributed by atoms with Gasteiger partial charge < -0.3 is 5.32 Å². The van der Waals surface area contributed by atoms with Gasteiger partial charge in [-0.2, -0.15) is 5.10 Å². The maximum atomic E-state index is 12.0. The molecule has 3 rings (SSSR count). The van der Waals surface area contributed by atoms with E-state index in [1.807, 2.05) is 6.07 Å². The van der Waals surface area contributed by atoms with Crippen LogP contribution < -0.4 is 5.32 Å². The predicted molar refractivity (Wildman–Crippen MR) is 80.8 cm³/mol. The van der Waals surface area contributed by atoms with Gasteiger partial charge >= 0.3 is 0 Å². The molecule has 1 aromatic heterocycles. The maximum absolute atomic E-state index is 12.0. The van der Waals surface area contributed by atoms with Crippen LogP contribution in [-0.2, 0) is 6.54 Å². The average molecular weight is 284 g/mol. The first-order valence-corrected chi connectivity index (χ1v) is 7.38. The quantitative estimate of drug-likeness (QED) is 0.900. The monoisotopic (exact) mass is 284 g/mol. The summed E-state index contributed by atoms with van der Waals surface area (Å²) in [6.45, 7) is 2.93. The van der Waals surface area contributed by atoms with Gasteiger partial charge in [0, 0.05) is 25.3 Å². The van der Waals surface area contributed by atoms with Gasteiger partial charge in [0.15, 0.2) is 0 Å². The molecule has 1 saturated heterocycles. The van der Waals surface area contributed by atoms with Crippen molar-refractivity contribution in [3.63, 3.8) is 0 Å². The fourth-order valence-electron chi connectivity index (χ4n) is 2.80. The van der Waals surface area contributed by atoms with Gasteiger partial charge in [-0.3, -0.25) is 14.8 Å². The number of nitrogens with one attached hydrogen (secondary N) is 2. The molecule has 1 aliphatic rings. The zero-order valence-electron chi connectivity index (χ0n) is 12.0. The van der Waals surface area contributed by atoms with Crippen LogP contribution in [0, 0.1) is 0 Å². The van der Waals surface area contributed by atoms with E-state index in [9.17, 15) is 4.79 Å². The zero-order chi connectivity index (χ0) is 14.5. The van der Waals surface area contributed by atoms with Gasteiger partial charge in [0.05, 0.1) is 0 Å². The number of carbonyl (C=O) groups excluding carboxylic acids is 1. The van der Waals surface area contributed by atoms with E-state index in [4.69, 9.17) is 0 Å². The van der Waals surface area contributed by atoms with Crippen molar-refractivity contribution in [1.82, 2.24) is 20.4 Å². The highest BCUT2D eigenvalue weighted by atomic mass is 16.2. The number of H-pyrrole nitrogens is 1. The number of hydrogen-bond donors (Lipinski definition) is 2. The van der Waals surface area contributed by atoms with E-state index in [1.54, 1.807) is 12.3 Å². The molecule has 21 heavy (non-hydrogen) atoms. The summed E-state index contributed by atoms with van der Waals surface area (Å²) in [6, 6.07) is 12.4. The third kappa shape index (κ3) is 3.70. The Balaban J connectivity index is 1.55. The van der Waals surface area contributed by atoms with E-state index in [2.05, 4.69) is 44.7 Å². The highest BCUT2D eigenvalue weighted by Gasteiger charge is 2.22. The molecule has 0 saturated carbocycles. The summed E-state index contributed by atoms with van der Waals surface area (Å²) < 4.78 is 0. The number of benzene rings is 1. The molecule has 1 aliphatic heterocycles. The molecule has 2 aromatic rings. The lowest BCUT2D eigenvalue weighted by molar-refractivity contribution is 0.0895. The van der Waals surface area contributed by atoms with Gasteiger partial charge in [0.25, 0.3) is 5.91 Å². The fourth-order valence-corrected chi connectivity index (χ4v) is 2.80. The third-order valence-corrected chi connectivity index (χ3v) is 3.84. The van der Waals surface area contributed by atoms with Crippen molar-refractivity contribution < 1.29 is 4.79 Å². The first kappa shape index (κ1) is 13.8. The van der Waals surface area contributed by atoms with Gasteiger partial charge in [-0.1, -0.05) is 30.3 Å². The number of nitrogens with zero attached hydrogens (tertiary/aromatic N) is 2. The molecule has 0 bridgehead atoms. The molecule has 0 aliphatic carbocycles. The lowest BCUT2D eigenvalue weighted by Crippen LogP contribution is -2.47. The second-order valence-electron chi connectivity index (χ2n) is 5.50. The van der Waals surface area contributed by atoms with Crippen LogP contribution >= 0.6 is 0 Å². The molecule has 1 aromatic carbocycles. The van der Waals surface area contributed by atoms with Crippen molar-refractivity contribution >= 4 is 5.91 Å². The van der Waals surface area contributed by atoms with Crippen LogP contribution in [0.3, 0.4) is 0 Å². The lowest BCUT2D eigenvalue weighted by atomic mass is 10.0. The molecule has 5 heteroatoms. The van der Waals surface area contributed by atoms with Crippen molar-refractivity contribution in [1.29, 1.82) is 0 Å². The lowest BCUT2D eigenvalue weighted by Gasteiger charge is -2.33. The molecule has 0 radical (unpaired) electrons. The summed E-state index contributed by atoms with van der Waals surface area (Å²) in [6.07, 6.45) is 3.74. The van der Waals surface area contributed by atoms with E-state index in [0.29, 0.717) is 5.69 Å². The molecule has 1 atom stereocenters. The number of likely N-dealkylation sites (tertiary alicyclic amines) is 1. The fraction of sp³-hybridized carbons (Fsp3) is 0.375. The van der Waals surface area contributed by atoms with Crippen LogP contribution in [0.4, 0.5) is 0 Å². The molecule has 2 heterocycles. The average Bonchev–Trinajstić information content (AvgIpc) is 3.03. The molecular formula is C16H20N4O. The number of hydrogen-bond acceptors (Lipinski definition) is 3.